The molecule has 0 spiro atoms. The number of hydrogen-bond donors (Lipinski definition) is 2. The second-order valence-electron chi connectivity index (χ2n) is 4.43. The number of aryl methyl sites for hydroxylation is 1. The van der Waals surface area contributed by atoms with E-state index in [9.17, 15) is 15.4 Å². The van der Waals surface area contributed by atoms with Gasteiger partial charge in [0.05, 0.1) is 16.4 Å². The average molecular weight is 303 g/mol. The number of ether oxygens (including phenoxy) is 1. The van der Waals surface area contributed by atoms with Gasteiger partial charge in [-0.25, -0.2) is 0 Å². The summed E-state index contributed by atoms with van der Waals surface area (Å²) in [6, 6.07) is 5.06. The highest BCUT2D eigenvalue weighted by molar-refractivity contribution is 7.15. The lowest BCUT2D eigenvalue weighted by atomic mass is 9.89. The molecular formula is C12H9N5O3S. The predicted octanol–water partition coefficient (Wildman–Crippen LogP) is 1.91. The number of aromatic nitrogens is 2. The van der Waals surface area contributed by atoms with Crippen LogP contribution in [0, 0.1) is 28.4 Å². The van der Waals surface area contributed by atoms with Gasteiger partial charge in [-0.1, -0.05) is 11.3 Å². The summed E-state index contributed by atoms with van der Waals surface area (Å²) in [6.07, 6.45) is 0. The van der Waals surface area contributed by atoms with E-state index < -0.39 is 10.8 Å². The van der Waals surface area contributed by atoms with Crippen molar-refractivity contribution in [3.63, 3.8) is 0 Å². The number of nitro groups is 1. The van der Waals surface area contributed by atoms with Gasteiger partial charge in [-0.2, -0.15) is 5.26 Å². The van der Waals surface area contributed by atoms with Crippen LogP contribution in [-0.2, 0) is 0 Å². The Hall–Kier alpha value is -2.86. The number of nitrogens with zero attached hydrogens (tertiary/aromatic N) is 3. The molecule has 1 aliphatic heterocycles. The molecule has 1 aliphatic rings. The molecule has 3 rings (SSSR count). The lowest BCUT2D eigenvalue weighted by Gasteiger charge is -2.21. The summed E-state index contributed by atoms with van der Waals surface area (Å²) < 4.78 is 5.33. The maximum atomic E-state index is 10.8. The zero-order valence-electron chi connectivity index (χ0n) is 10.8. The molecule has 21 heavy (non-hydrogen) atoms. The van der Waals surface area contributed by atoms with E-state index in [0.29, 0.717) is 16.3 Å². The normalized spacial score (nSPS) is 17.0. The van der Waals surface area contributed by atoms with E-state index in [1.54, 1.807) is 13.0 Å². The number of nitriles is 1. The molecule has 8 nitrogen and oxygen atoms in total. The number of thiophene rings is 1. The van der Waals surface area contributed by atoms with E-state index in [4.69, 9.17) is 10.5 Å². The maximum absolute atomic E-state index is 10.8. The van der Waals surface area contributed by atoms with E-state index in [1.165, 1.54) is 6.07 Å². The molecule has 0 unspecified atom stereocenters. The first-order chi connectivity index (χ1) is 10.0. The Balaban J connectivity index is 2.19. The Labute approximate surface area is 122 Å². The Bertz CT molecular complexity index is 813. The molecule has 9 heteroatoms. The molecular weight excluding hydrogens is 294 g/mol. The fourth-order valence-electron chi connectivity index (χ4n) is 2.28. The van der Waals surface area contributed by atoms with E-state index in [-0.39, 0.29) is 16.5 Å². The Morgan fingerprint density at radius 2 is 2.38 bits per heavy atom. The van der Waals surface area contributed by atoms with Crippen molar-refractivity contribution in [1.29, 1.82) is 5.26 Å². The van der Waals surface area contributed by atoms with Gasteiger partial charge in [0.25, 0.3) is 0 Å². The van der Waals surface area contributed by atoms with Crippen LogP contribution in [0.4, 0.5) is 5.00 Å². The summed E-state index contributed by atoms with van der Waals surface area (Å²) in [4.78, 5) is 11.0. The van der Waals surface area contributed by atoms with Crippen molar-refractivity contribution in [3.8, 4) is 11.9 Å². The van der Waals surface area contributed by atoms with Crippen molar-refractivity contribution in [3.05, 3.63) is 49.8 Å². The number of rotatable bonds is 2. The Kier molecular flexibility index (Phi) is 2.88. The van der Waals surface area contributed by atoms with E-state index in [1.807, 2.05) is 6.07 Å². The van der Waals surface area contributed by atoms with Gasteiger partial charge < -0.3 is 10.5 Å². The molecule has 0 bridgehead atoms. The zero-order valence-corrected chi connectivity index (χ0v) is 11.6. The SMILES string of the molecule is Cc1[nH]nc2c1[C@H](c1ccc([N+](=O)[O-])s1)C(C#N)=C(N)O2. The van der Waals surface area contributed by atoms with Crippen LogP contribution in [0.15, 0.2) is 23.6 Å². The van der Waals surface area contributed by atoms with E-state index in [0.717, 1.165) is 17.0 Å². The maximum Gasteiger partial charge on any atom is 0.324 e. The number of nitrogens with two attached hydrogens (primary N) is 1. The van der Waals surface area contributed by atoms with Crippen LogP contribution in [0.2, 0.25) is 0 Å². The Morgan fingerprint density at radius 1 is 1.62 bits per heavy atom. The van der Waals surface area contributed by atoms with Crippen molar-refractivity contribution < 1.29 is 9.66 Å². The highest BCUT2D eigenvalue weighted by Gasteiger charge is 2.35. The second-order valence-corrected chi connectivity index (χ2v) is 5.52. The quantitative estimate of drug-likeness (QED) is 0.643. The number of fused-ring (bicyclic) bond motifs is 1. The van der Waals surface area contributed by atoms with Gasteiger partial charge in [0.1, 0.15) is 11.6 Å². The van der Waals surface area contributed by atoms with Crippen molar-refractivity contribution in [2.24, 2.45) is 5.73 Å². The van der Waals surface area contributed by atoms with Gasteiger partial charge in [-0.3, -0.25) is 15.2 Å². The van der Waals surface area contributed by atoms with Crippen molar-refractivity contribution in [2.45, 2.75) is 12.8 Å². The highest BCUT2D eigenvalue weighted by atomic mass is 32.1. The minimum atomic E-state index is -0.504. The van der Waals surface area contributed by atoms with Gasteiger partial charge in [-0.15, -0.1) is 5.10 Å². The molecule has 0 amide bonds. The molecule has 3 heterocycles. The van der Waals surface area contributed by atoms with E-state index in [2.05, 4.69) is 10.2 Å². The fraction of sp³-hybridized carbons (Fsp3) is 0.167. The van der Waals surface area contributed by atoms with Crippen LogP contribution in [0.25, 0.3) is 0 Å². The number of H-pyrrole nitrogens is 1. The first-order valence-corrected chi connectivity index (χ1v) is 6.71. The van der Waals surface area contributed by atoms with Crippen LogP contribution in [0.5, 0.6) is 5.88 Å². The third kappa shape index (κ3) is 1.93. The van der Waals surface area contributed by atoms with Gasteiger partial charge >= 0.3 is 5.00 Å². The van der Waals surface area contributed by atoms with Crippen LogP contribution >= 0.6 is 11.3 Å². The van der Waals surface area contributed by atoms with Crippen molar-refractivity contribution >= 4 is 16.3 Å². The number of hydrogen-bond acceptors (Lipinski definition) is 7. The third-order valence-electron chi connectivity index (χ3n) is 3.21. The average Bonchev–Trinajstić information content (AvgIpc) is 3.05. The molecule has 0 saturated carbocycles. The summed E-state index contributed by atoms with van der Waals surface area (Å²) in [7, 11) is 0. The molecule has 0 aliphatic carbocycles. The Morgan fingerprint density at radius 3 is 3.00 bits per heavy atom. The van der Waals surface area contributed by atoms with Gasteiger partial charge in [-0.05, 0) is 13.0 Å². The molecule has 106 valence electrons. The van der Waals surface area contributed by atoms with Gasteiger partial charge in [0, 0.05) is 16.6 Å². The lowest BCUT2D eigenvalue weighted by molar-refractivity contribution is -0.380. The minimum absolute atomic E-state index is 0.00931. The topological polar surface area (TPSA) is 131 Å². The second kappa shape index (κ2) is 4.60. The molecule has 2 aromatic heterocycles. The summed E-state index contributed by atoms with van der Waals surface area (Å²) in [5, 5.41) is 27.0. The zero-order chi connectivity index (χ0) is 15.1. The predicted molar refractivity (Wildman–Crippen MR) is 73.6 cm³/mol. The first-order valence-electron chi connectivity index (χ1n) is 5.89. The third-order valence-corrected chi connectivity index (χ3v) is 4.31. The van der Waals surface area contributed by atoms with Crippen LogP contribution in [-0.4, -0.2) is 15.1 Å². The molecule has 0 aromatic carbocycles. The minimum Gasteiger partial charge on any atom is -0.420 e. The van der Waals surface area contributed by atoms with Crippen LogP contribution in [0.3, 0.4) is 0 Å². The van der Waals surface area contributed by atoms with Gasteiger partial charge in [0.15, 0.2) is 0 Å². The van der Waals surface area contributed by atoms with Crippen molar-refractivity contribution in [1.82, 2.24) is 10.2 Å². The number of allylic oxidation sites excluding steroid dienone is 1. The van der Waals surface area contributed by atoms with Crippen LogP contribution < -0.4 is 10.5 Å². The largest absolute Gasteiger partial charge is 0.420 e. The summed E-state index contributed by atoms with van der Waals surface area (Å²) in [5.41, 5.74) is 7.39. The summed E-state index contributed by atoms with van der Waals surface area (Å²) in [5.74, 6) is -0.237. The molecule has 0 fully saturated rings. The first kappa shape index (κ1) is 13.1. The fourth-order valence-corrected chi connectivity index (χ4v) is 3.22. The molecule has 3 N–H and O–H groups in total. The number of nitrogens with one attached hydrogen (secondary N) is 1. The van der Waals surface area contributed by atoms with E-state index >= 15 is 0 Å². The summed E-state index contributed by atoms with van der Waals surface area (Å²) in [6.45, 7) is 1.79. The molecule has 0 saturated heterocycles. The van der Waals surface area contributed by atoms with Crippen LogP contribution in [0.1, 0.15) is 22.1 Å². The lowest BCUT2D eigenvalue weighted by Crippen LogP contribution is -2.20. The molecule has 2 aromatic rings. The highest BCUT2D eigenvalue weighted by Crippen LogP contribution is 2.45. The molecule has 1 atom stereocenters. The van der Waals surface area contributed by atoms with Gasteiger partial charge in [0.2, 0.25) is 11.8 Å². The standard InChI is InChI=1S/C12H9N5O3S/c1-5-9-10(7-2-3-8(21-7)17(18)19)6(4-13)11(14)20-12(9)16-15-5/h2-3,10H,14H2,1H3,(H,15,16)/t10-/m0/s1. The monoisotopic (exact) mass is 303 g/mol. The number of aromatic amines is 1. The smallest absolute Gasteiger partial charge is 0.324 e. The molecule has 0 radical (unpaired) electrons. The van der Waals surface area contributed by atoms with Crippen molar-refractivity contribution in [2.75, 3.05) is 0 Å². The summed E-state index contributed by atoms with van der Waals surface area (Å²) >= 11 is 1.01.